The molecular formula is C60H42N2Se. The summed E-state index contributed by atoms with van der Waals surface area (Å²) < 4.78 is 2.95. The molecule has 0 saturated heterocycles. The summed E-state index contributed by atoms with van der Waals surface area (Å²) in [6.07, 6.45) is 0. The second-order valence-corrected chi connectivity index (χ2v) is 18.0. The Bertz CT molecular complexity index is 3190. The summed E-state index contributed by atoms with van der Waals surface area (Å²) in [5.41, 5.74) is 16.4. The first kappa shape index (κ1) is 38.3. The molecule has 0 saturated carbocycles. The summed E-state index contributed by atoms with van der Waals surface area (Å²) >= 11 is 0.295. The molecular weight excluding hydrogens is 828 g/mol. The molecule has 0 atom stereocenters. The Morgan fingerprint density at radius 2 is 0.540 bits per heavy atom. The van der Waals surface area contributed by atoms with Crippen molar-refractivity contribution in [3.8, 4) is 44.5 Å². The van der Waals surface area contributed by atoms with E-state index in [0.717, 1.165) is 34.1 Å². The zero-order valence-corrected chi connectivity index (χ0v) is 36.3. The third-order valence-corrected chi connectivity index (χ3v) is 14.5. The molecule has 0 aliphatic heterocycles. The van der Waals surface area contributed by atoms with Gasteiger partial charge in [0.05, 0.1) is 0 Å². The first-order valence-corrected chi connectivity index (χ1v) is 23.1. The smallest absolute Gasteiger partial charge is 0.0374 e. The third-order valence-electron chi connectivity index (χ3n) is 11.9. The van der Waals surface area contributed by atoms with Crippen molar-refractivity contribution in [2.45, 2.75) is 0 Å². The van der Waals surface area contributed by atoms with Gasteiger partial charge in [-0.1, -0.05) is 97.1 Å². The Balaban J connectivity index is 0.892. The molecule has 3 heteroatoms. The van der Waals surface area contributed by atoms with Gasteiger partial charge in [-0.3, -0.25) is 0 Å². The fraction of sp³-hybridized carbons (Fsp3) is 0. The SMILES string of the molecule is c1ccc(-c2ccc(N(c3ccc(-c4ccccc4)cc3)c3ccc(-c4ccc(N(c5ccccc5)c5ccc(-c6cccc7c6[se]c6ccccc67)cc5)cc4)cc3)cc2)cc1. The Morgan fingerprint density at radius 1 is 0.222 bits per heavy atom. The average molecular weight is 870 g/mol. The summed E-state index contributed by atoms with van der Waals surface area (Å²) in [4.78, 5) is 4.68. The molecule has 0 spiro atoms. The van der Waals surface area contributed by atoms with Crippen LogP contribution >= 0.6 is 0 Å². The Kier molecular flexibility index (Phi) is 10.3. The van der Waals surface area contributed by atoms with Gasteiger partial charge in [-0.25, -0.2) is 0 Å². The van der Waals surface area contributed by atoms with E-state index >= 15 is 0 Å². The van der Waals surface area contributed by atoms with Crippen LogP contribution < -0.4 is 9.80 Å². The van der Waals surface area contributed by atoms with Crippen LogP contribution in [-0.4, -0.2) is 14.5 Å². The minimum atomic E-state index is 0.295. The molecule has 298 valence electrons. The number of nitrogens with zero attached hydrogens (tertiary/aromatic N) is 2. The molecule has 1 heterocycles. The Hall–Kier alpha value is -7.68. The third kappa shape index (κ3) is 7.66. The van der Waals surface area contributed by atoms with Crippen molar-refractivity contribution in [3.63, 3.8) is 0 Å². The molecule has 11 rings (SSSR count). The maximum absolute atomic E-state index is 2.34. The minimum Gasteiger partial charge on any atom is -0.0617 e. The molecule has 0 radical (unpaired) electrons. The molecule has 1 aromatic heterocycles. The van der Waals surface area contributed by atoms with Crippen LogP contribution in [-0.2, 0) is 0 Å². The molecule has 0 aliphatic rings. The van der Waals surface area contributed by atoms with Crippen molar-refractivity contribution >= 4 is 67.9 Å². The number of para-hydroxylation sites is 1. The summed E-state index contributed by atoms with van der Waals surface area (Å²) in [6.45, 7) is 0. The van der Waals surface area contributed by atoms with Gasteiger partial charge in [-0.15, -0.1) is 0 Å². The number of benzene rings is 10. The van der Waals surface area contributed by atoms with Crippen LogP contribution in [0.2, 0.25) is 0 Å². The van der Waals surface area contributed by atoms with Crippen LogP contribution in [0.4, 0.5) is 34.1 Å². The maximum atomic E-state index is 2.34. The molecule has 0 N–H and O–H groups in total. The summed E-state index contributed by atoms with van der Waals surface area (Å²) in [5, 5.41) is 2.77. The van der Waals surface area contributed by atoms with Crippen molar-refractivity contribution in [2.75, 3.05) is 9.80 Å². The van der Waals surface area contributed by atoms with Crippen molar-refractivity contribution < 1.29 is 0 Å². The fourth-order valence-corrected chi connectivity index (χ4v) is 11.3. The van der Waals surface area contributed by atoms with E-state index in [1.807, 2.05) is 0 Å². The van der Waals surface area contributed by atoms with E-state index in [-0.39, 0.29) is 0 Å². The molecule has 63 heavy (non-hydrogen) atoms. The van der Waals surface area contributed by atoms with Gasteiger partial charge >= 0.3 is 199 Å². The number of rotatable bonds is 10. The molecule has 0 aliphatic carbocycles. The van der Waals surface area contributed by atoms with Gasteiger partial charge in [0, 0.05) is 17.1 Å². The molecule has 0 bridgehead atoms. The van der Waals surface area contributed by atoms with Gasteiger partial charge in [0.2, 0.25) is 0 Å². The van der Waals surface area contributed by atoms with E-state index < -0.39 is 0 Å². The number of anilines is 6. The van der Waals surface area contributed by atoms with E-state index in [9.17, 15) is 0 Å². The Morgan fingerprint density at radius 3 is 0.968 bits per heavy atom. The first-order chi connectivity index (χ1) is 31.2. The topological polar surface area (TPSA) is 6.48 Å². The maximum Gasteiger partial charge on any atom is -0.0374 e. The van der Waals surface area contributed by atoms with Crippen LogP contribution in [0, 0.1) is 0 Å². The molecule has 0 unspecified atom stereocenters. The first-order valence-electron chi connectivity index (χ1n) is 21.4. The Labute approximate surface area is 375 Å². The molecule has 2 nitrogen and oxygen atoms in total. The van der Waals surface area contributed by atoms with Gasteiger partial charge < -0.3 is 4.90 Å². The predicted molar refractivity (Wildman–Crippen MR) is 270 cm³/mol. The van der Waals surface area contributed by atoms with Crippen LogP contribution in [0.5, 0.6) is 0 Å². The normalized spacial score (nSPS) is 11.2. The van der Waals surface area contributed by atoms with Crippen molar-refractivity contribution in [1.82, 2.24) is 0 Å². The number of fused-ring (bicyclic) bond motifs is 3. The molecule has 0 amide bonds. The van der Waals surface area contributed by atoms with Gasteiger partial charge in [0.15, 0.2) is 0 Å². The van der Waals surface area contributed by atoms with Crippen LogP contribution in [0.15, 0.2) is 255 Å². The van der Waals surface area contributed by atoms with E-state index in [0.29, 0.717) is 14.5 Å². The van der Waals surface area contributed by atoms with Crippen molar-refractivity contribution in [3.05, 3.63) is 255 Å². The van der Waals surface area contributed by atoms with Gasteiger partial charge in [0.25, 0.3) is 0 Å². The van der Waals surface area contributed by atoms with E-state index in [1.54, 1.807) is 0 Å². The summed E-state index contributed by atoms with van der Waals surface area (Å²) in [7, 11) is 0. The van der Waals surface area contributed by atoms with E-state index in [2.05, 4.69) is 265 Å². The minimum absolute atomic E-state index is 0.295. The quantitative estimate of drug-likeness (QED) is 0.126. The van der Waals surface area contributed by atoms with Gasteiger partial charge in [-0.2, -0.15) is 0 Å². The van der Waals surface area contributed by atoms with E-state index in [1.165, 1.54) is 63.8 Å². The van der Waals surface area contributed by atoms with Crippen LogP contribution in [0.3, 0.4) is 0 Å². The van der Waals surface area contributed by atoms with Crippen LogP contribution in [0.1, 0.15) is 0 Å². The van der Waals surface area contributed by atoms with E-state index in [4.69, 9.17) is 0 Å². The number of hydrogen-bond acceptors (Lipinski definition) is 2. The van der Waals surface area contributed by atoms with Gasteiger partial charge in [0.1, 0.15) is 0 Å². The largest absolute Gasteiger partial charge is 0.0617 e. The monoisotopic (exact) mass is 870 g/mol. The summed E-state index contributed by atoms with van der Waals surface area (Å²) in [5.74, 6) is 0. The molecule has 11 aromatic rings. The van der Waals surface area contributed by atoms with Crippen LogP contribution in [0.25, 0.3) is 63.8 Å². The second-order valence-electron chi connectivity index (χ2n) is 15.8. The summed E-state index contributed by atoms with van der Waals surface area (Å²) in [6, 6.07) is 92.2. The molecule has 10 aromatic carbocycles. The zero-order chi connectivity index (χ0) is 42.0. The predicted octanol–water partition coefficient (Wildman–Crippen LogP) is 16.7. The standard InChI is InChI=1S/C60H42N2Se/c1-4-13-43(14-5-1)45-23-33-52(34-24-45)62(53-35-25-46(26-36-53)44-15-6-2-7-16-44)54-39-29-48(30-40-54)47-27-37-51(38-28-47)61(50-17-8-3-9-18-50)55-41-31-49(32-42-55)56-20-12-21-58-57-19-10-11-22-59(57)63-60(56)58/h1-42H. The van der Waals surface area contributed by atoms with Crippen molar-refractivity contribution in [2.24, 2.45) is 0 Å². The van der Waals surface area contributed by atoms with Crippen molar-refractivity contribution in [1.29, 1.82) is 0 Å². The zero-order valence-electron chi connectivity index (χ0n) is 34.6. The molecule has 0 fully saturated rings. The average Bonchev–Trinajstić information content (AvgIpc) is 3.75. The number of hydrogen-bond donors (Lipinski definition) is 0. The second kappa shape index (κ2) is 17.0. The fourth-order valence-electron chi connectivity index (χ4n) is 8.71. The van der Waals surface area contributed by atoms with Gasteiger partial charge in [-0.05, 0) is 58.7 Å².